The van der Waals surface area contributed by atoms with E-state index < -0.39 is 6.09 Å². The number of benzene rings is 2. The van der Waals surface area contributed by atoms with Gasteiger partial charge >= 0.3 is 6.09 Å². The molecule has 1 aromatic heterocycles. The van der Waals surface area contributed by atoms with E-state index in [2.05, 4.69) is 16.0 Å². The molecule has 2 atom stereocenters. The number of fused-ring (bicyclic) bond motifs is 1. The molecule has 13 heteroatoms. The number of ether oxygens (including phenoxy) is 1. The lowest BCUT2D eigenvalue weighted by Crippen LogP contribution is -2.46. The van der Waals surface area contributed by atoms with Gasteiger partial charge in [-0.3, -0.25) is 14.4 Å². The van der Waals surface area contributed by atoms with Gasteiger partial charge < -0.3 is 25.6 Å². The SMILES string of the molecule is CNC(=O)OCC[C@@H](Nc1nc2c(c(=O)n1-c1ccc(C(=O)NC)cc1)C[C@@H](C)N(C(=O)c1ccc(Cl)c(Cl)c1)C2)C1CC1. The highest BCUT2D eigenvalue weighted by Crippen LogP contribution is 2.36. The summed E-state index contributed by atoms with van der Waals surface area (Å²) in [5.74, 6) is 0.160. The van der Waals surface area contributed by atoms with Crippen LogP contribution in [0.4, 0.5) is 10.7 Å². The Morgan fingerprint density at radius 1 is 1.02 bits per heavy atom. The number of anilines is 1. The lowest BCUT2D eigenvalue weighted by Gasteiger charge is -2.35. The highest BCUT2D eigenvalue weighted by molar-refractivity contribution is 6.42. The molecule has 0 bridgehead atoms. The van der Waals surface area contributed by atoms with Crippen molar-refractivity contribution < 1.29 is 19.1 Å². The Morgan fingerprint density at radius 2 is 1.73 bits per heavy atom. The number of nitrogens with one attached hydrogen (secondary N) is 3. The van der Waals surface area contributed by atoms with E-state index in [9.17, 15) is 19.2 Å². The van der Waals surface area contributed by atoms with Crippen molar-refractivity contribution >= 4 is 47.1 Å². The molecule has 1 fully saturated rings. The third kappa shape index (κ3) is 6.68. The van der Waals surface area contributed by atoms with E-state index >= 15 is 0 Å². The fourth-order valence-electron chi connectivity index (χ4n) is 5.41. The lowest BCUT2D eigenvalue weighted by atomic mass is 9.98. The largest absolute Gasteiger partial charge is 0.449 e. The third-order valence-electron chi connectivity index (χ3n) is 8.03. The van der Waals surface area contributed by atoms with Gasteiger partial charge in [-0.2, -0.15) is 0 Å². The Balaban J connectivity index is 1.52. The van der Waals surface area contributed by atoms with Crippen LogP contribution in [0.5, 0.6) is 0 Å². The van der Waals surface area contributed by atoms with E-state index in [1.165, 1.54) is 17.7 Å². The van der Waals surface area contributed by atoms with Gasteiger partial charge in [-0.25, -0.2) is 14.3 Å². The first-order chi connectivity index (χ1) is 21.1. The summed E-state index contributed by atoms with van der Waals surface area (Å²) in [7, 11) is 3.05. The minimum atomic E-state index is -0.513. The van der Waals surface area contributed by atoms with Crippen LogP contribution >= 0.6 is 23.2 Å². The number of aromatic nitrogens is 2. The number of halogens is 2. The van der Waals surface area contributed by atoms with Crippen LogP contribution in [0.1, 0.15) is 58.2 Å². The maximum Gasteiger partial charge on any atom is 0.406 e. The number of hydrogen-bond acceptors (Lipinski definition) is 7. The average molecular weight is 642 g/mol. The second-order valence-corrected chi connectivity index (χ2v) is 11.8. The van der Waals surface area contributed by atoms with Crippen molar-refractivity contribution in [3.8, 4) is 5.69 Å². The zero-order valence-corrected chi connectivity index (χ0v) is 26.2. The van der Waals surface area contributed by atoms with Crippen molar-refractivity contribution in [1.29, 1.82) is 0 Å². The summed E-state index contributed by atoms with van der Waals surface area (Å²) < 4.78 is 6.76. The number of hydrogen-bond donors (Lipinski definition) is 3. The van der Waals surface area contributed by atoms with Crippen LogP contribution in [-0.4, -0.2) is 65.1 Å². The molecule has 2 heterocycles. The molecule has 2 aromatic carbocycles. The first-order valence-electron chi connectivity index (χ1n) is 14.5. The molecule has 5 rings (SSSR count). The summed E-state index contributed by atoms with van der Waals surface area (Å²) in [6.07, 6.45) is 2.30. The molecule has 0 radical (unpaired) electrons. The fraction of sp³-hybridized carbons (Fsp3) is 0.387. The molecule has 3 amide bonds. The number of rotatable bonds is 9. The van der Waals surface area contributed by atoms with Gasteiger partial charge in [0, 0.05) is 49.3 Å². The van der Waals surface area contributed by atoms with Crippen molar-refractivity contribution in [1.82, 2.24) is 25.1 Å². The molecule has 232 valence electrons. The number of alkyl carbamates (subject to hydrolysis) is 1. The highest BCUT2D eigenvalue weighted by Gasteiger charge is 2.35. The molecule has 2 aliphatic rings. The van der Waals surface area contributed by atoms with Gasteiger partial charge in [-0.05, 0) is 74.6 Å². The zero-order chi connectivity index (χ0) is 31.5. The standard InChI is InChI=1S/C31H34Cl2N6O5/c1-17-14-22-26(16-38(17)28(41)20-8-11-23(32)24(33)15-20)37-30(36-25(18-4-5-18)12-13-44-31(43)35-3)39(29(22)42)21-9-6-19(7-10-21)27(40)34-2/h6-11,15,17-18,25H,4-5,12-14,16H2,1-3H3,(H,34,40)(H,35,43)(H,36,37)/t17-,25-/m1/s1. The van der Waals surface area contributed by atoms with Crippen LogP contribution in [0.2, 0.25) is 10.0 Å². The Kier molecular flexibility index (Phi) is 9.45. The van der Waals surface area contributed by atoms with E-state index in [1.807, 2.05) is 6.92 Å². The van der Waals surface area contributed by atoms with Crippen LogP contribution < -0.4 is 21.5 Å². The molecule has 1 aliphatic heterocycles. The Hall–Kier alpha value is -4.09. The molecule has 0 unspecified atom stereocenters. The molecule has 3 aromatic rings. The maximum absolute atomic E-state index is 14.2. The first-order valence-corrected chi connectivity index (χ1v) is 15.2. The summed E-state index contributed by atoms with van der Waals surface area (Å²) >= 11 is 12.2. The molecule has 1 saturated carbocycles. The van der Waals surface area contributed by atoms with Crippen LogP contribution in [0.25, 0.3) is 5.69 Å². The van der Waals surface area contributed by atoms with Gasteiger partial charge in [0.25, 0.3) is 17.4 Å². The molecule has 1 aliphatic carbocycles. The van der Waals surface area contributed by atoms with Crippen LogP contribution in [0.3, 0.4) is 0 Å². The lowest BCUT2D eigenvalue weighted by molar-refractivity contribution is 0.0653. The van der Waals surface area contributed by atoms with Crippen molar-refractivity contribution in [3.63, 3.8) is 0 Å². The van der Waals surface area contributed by atoms with E-state index in [4.69, 9.17) is 32.9 Å². The predicted molar refractivity (Wildman–Crippen MR) is 168 cm³/mol. The van der Waals surface area contributed by atoms with Crippen LogP contribution in [0.15, 0.2) is 47.3 Å². The number of carbonyl (C=O) groups excluding carboxylic acids is 3. The second-order valence-electron chi connectivity index (χ2n) is 11.0. The normalized spacial score (nSPS) is 16.5. The molecule has 3 N–H and O–H groups in total. The Bertz CT molecular complexity index is 1640. The van der Waals surface area contributed by atoms with Crippen molar-refractivity contribution in [2.24, 2.45) is 5.92 Å². The molecular weight excluding hydrogens is 607 g/mol. The van der Waals surface area contributed by atoms with E-state index in [0.717, 1.165) is 12.8 Å². The fourth-order valence-corrected chi connectivity index (χ4v) is 5.71. The second kappa shape index (κ2) is 13.3. The van der Waals surface area contributed by atoms with Gasteiger partial charge in [0.15, 0.2) is 0 Å². The van der Waals surface area contributed by atoms with Crippen molar-refractivity contribution in [2.45, 2.75) is 51.2 Å². The first kappa shape index (κ1) is 31.3. The van der Waals surface area contributed by atoms with Crippen molar-refractivity contribution in [2.75, 3.05) is 26.0 Å². The monoisotopic (exact) mass is 640 g/mol. The summed E-state index contributed by atoms with van der Waals surface area (Å²) in [5, 5.41) is 9.14. The topological polar surface area (TPSA) is 135 Å². The zero-order valence-electron chi connectivity index (χ0n) is 24.7. The Labute approximate surface area is 264 Å². The molecule has 11 nitrogen and oxygen atoms in total. The smallest absolute Gasteiger partial charge is 0.406 e. The van der Waals surface area contributed by atoms with Gasteiger partial charge in [-0.15, -0.1) is 0 Å². The molecular formula is C31H34Cl2N6O5. The summed E-state index contributed by atoms with van der Waals surface area (Å²) in [4.78, 5) is 58.1. The van der Waals surface area contributed by atoms with E-state index in [0.29, 0.717) is 57.8 Å². The van der Waals surface area contributed by atoms with E-state index in [-0.39, 0.29) is 47.6 Å². The summed E-state index contributed by atoms with van der Waals surface area (Å²) in [6, 6.07) is 11.1. The Morgan fingerprint density at radius 3 is 2.36 bits per heavy atom. The predicted octanol–water partition coefficient (Wildman–Crippen LogP) is 4.42. The average Bonchev–Trinajstić information content (AvgIpc) is 3.87. The number of amides is 3. The number of carbonyl (C=O) groups is 3. The van der Waals surface area contributed by atoms with Gasteiger partial charge in [0.1, 0.15) is 0 Å². The highest BCUT2D eigenvalue weighted by atomic mass is 35.5. The number of nitrogens with zero attached hydrogens (tertiary/aromatic N) is 3. The van der Waals surface area contributed by atoms with Gasteiger partial charge in [-0.1, -0.05) is 23.2 Å². The third-order valence-corrected chi connectivity index (χ3v) is 8.77. The quantitative estimate of drug-likeness (QED) is 0.315. The summed E-state index contributed by atoms with van der Waals surface area (Å²) in [5.41, 5.74) is 2.15. The molecule has 0 spiro atoms. The molecule has 0 saturated heterocycles. The summed E-state index contributed by atoms with van der Waals surface area (Å²) in [6.45, 7) is 2.21. The van der Waals surface area contributed by atoms with Gasteiger partial charge in [0.2, 0.25) is 5.95 Å². The molecule has 44 heavy (non-hydrogen) atoms. The minimum absolute atomic E-state index is 0.113. The van der Waals surface area contributed by atoms with Gasteiger partial charge in [0.05, 0.1) is 34.6 Å². The van der Waals surface area contributed by atoms with Crippen LogP contribution in [0, 0.1) is 5.92 Å². The minimum Gasteiger partial charge on any atom is -0.449 e. The van der Waals surface area contributed by atoms with Crippen LogP contribution in [-0.2, 0) is 17.7 Å². The van der Waals surface area contributed by atoms with E-state index in [1.54, 1.807) is 48.3 Å². The van der Waals surface area contributed by atoms with Crippen molar-refractivity contribution in [3.05, 3.63) is 85.2 Å². The maximum atomic E-state index is 14.2.